The van der Waals surface area contributed by atoms with E-state index in [-0.39, 0.29) is 12.3 Å². The lowest BCUT2D eigenvalue weighted by Gasteiger charge is -2.18. The summed E-state index contributed by atoms with van der Waals surface area (Å²) in [6.07, 6.45) is -0.501. The molecule has 0 saturated heterocycles. The van der Waals surface area contributed by atoms with E-state index in [4.69, 9.17) is 5.73 Å². The van der Waals surface area contributed by atoms with Crippen molar-refractivity contribution in [3.05, 3.63) is 71.5 Å². The predicted octanol–water partition coefficient (Wildman–Crippen LogP) is 4.36. The van der Waals surface area contributed by atoms with Crippen LogP contribution in [0.4, 0.5) is 24.7 Å². The summed E-state index contributed by atoms with van der Waals surface area (Å²) in [5.74, 6) is 0.148. The number of nitrogens with one attached hydrogen (secondary N) is 1. The number of nitrogens with two attached hydrogens (primary N) is 1. The molecule has 3 heterocycles. The van der Waals surface area contributed by atoms with Crippen LogP contribution in [-0.2, 0) is 23.8 Å². The van der Waals surface area contributed by atoms with Crippen molar-refractivity contribution in [3.63, 3.8) is 0 Å². The molecule has 2 aromatic carbocycles. The van der Waals surface area contributed by atoms with Crippen molar-refractivity contribution in [2.45, 2.75) is 19.0 Å². The molecule has 0 aliphatic carbocycles. The number of nitrogens with zero attached hydrogens (tertiary/aromatic N) is 3. The number of H-pyrrole nitrogens is 1. The molecule has 0 atom stereocenters. The van der Waals surface area contributed by atoms with Crippen LogP contribution in [0.5, 0.6) is 0 Å². The lowest BCUT2D eigenvalue weighted by atomic mass is 10.0. The first-order chi connectivity index (χ1) is 15.3. The van der Waals surface area contributed by atoms with Crippen LogP contribution in [0.25, 0.3) is 22.0 Å². The number of fused-ring (bicyclic) bond motifs is 2. The monoisotopic (exact) mass is 437 g/mol. The second-order valence-corrected chi connectivity index (χ2v) is 7.73. The minimum Gasteiger partial charge on any atom is -0.382 e. The van der Waals surface area contributed by atoms with Crippen LogP contribution < -0.4 is 10.6 Å². The maximum absolute atomic E-state index is 13.0. The van der Waals surface area contributed by atoms with Gasteiger partial charge in [0.2, 0.25) is 5.91 Å². The van der Waals surface area contributed by atoms with Crippen molar-refractivity contribution >= 4 is 28.3 Å². The van der Waals surface area contributed by atoms with Gasteiger partial charge in [0, 0.05) is 24.0 Å². The molecule has 6 nitrogen and oxygen atoms in total. The summed E-state index contributed by atoms with van der Waals surface area (Å²) in [5, 5.41) is 7.68. The van der Waals surface area contributed by atoms with Gasteiger partial charge in [-0.2, -0.15) is 18.3 Å². The topological polar surface area (TPSA) is 87.9 Å². The lowest BCUT2D eigenvalue weighted by molar-refractivity contribution is -0.137. The van der Waals surface area contributed by atoms with Crippen molar-refractivity contribution in [1.29, 1.82) is 0 Å². The zero-order chi connectivity index (χ0) is 22.5. The maximum Gasteiger partial charge on any atom is 0.416 e. The standard InChI is InChI=1S/C23H18F3N5O/c24-23(25,26)16-3-1-2-13(8-16)9-20(32)31-7-6-15-10-14(4-5-19(15)31)17-11-28-12-18-21(17)22(27)30-29-18/h1-5,8,10-12H,6-7,9H2,(H3,27,29,30). The number of pyridine rings is 1. The molecule has 5 rings (SSSR count). The second kappa shape index (κ2) is 7.37. The molecule has 32 heavy (non-hydrogen) atoms. The summed E-state index contributed by atoms with van der Waals surface area (Å²) < 4.78 is 38.9. The van der Waals surface area contributed by atoms with Gasteiger partial charge in [-0.15, -0.1) is 0 Å². The van der Waals surface area contributed by atoms with E-state index >= 15 is 0 Å². The van der Waals surface area contributed by atoms with E-state index < -0.39 is 11.7 Å². The van der Waals surface area contributed by atoms with Crippen LogP contribution in [0, 0.1) is 0 Å². The fourth-order valence-corrected chi connectivity index (χ4v) is 4.17. The second-order valence-electron chi connectivity index (χ2n) is 7.73. The first-order valence-electron chi connectivity index (χ1n) is 9.98. The molecule has 1 aliphatic heterocycles. The molecule has 4 aromatic rings. The number of aromatic amines is 1. The Balaban J connectivity index is 1.41. The average Bonchev–Trinajstić information content (AvgIpc) is 3.36. The Morgan fingerprint density at radius 3 is 2.81 bits per heavy atom. The number of halogens is 3. The Kier molecular flexibility index (Phi) is 4.61. The number of rotatable bonds is 3. The van der Waals surface area contributed by atoms with Crippen LogP contribution in [-0.4, -0.2) is 27.6 Å². The third-order valence-electron chi connectivity index (χ3n) is 5.70. The van der Waals surface area contributed by atoms with Crippen molar-refractivity contribution < 1.29 is 18.0 Å². The van der Waals surface area contributed by atoms with Gasteiger partial charge in [0.25, 0.3) is 0 Å². The van der Waals surface area contributed by atoms with Gasteiger partial charge in [-0.25, -0.2) is 0 Å². The minimum atomic E-state index is -4.44. The fraction of sp³-hybridized carbons (Fsp3) is 0.174. The zero-order valence-corrected chi connectivity index (χ0v) is 16.8. The summed E-state index contributed by atoms with van der Waals surface area (Å²) in [6.45, 7) is 0.479. The normalized spacial score (nSPS) is 13.5. The van der Waals surface area contributed by atoms with E-state index in [9.17, 15) is 18.0 Å². The summed E-state index contributed by atoms with van der Waals surface area (Å²) in [5.41, 5.74) is 9.82. The fourth-order valence-electron chi connectivity index (χ4n) is 4.17. The Morgan fingerprint density at radius 2 is 2.00 bits per heavy atom. The Bertz CT molecular complexity index is 1350. The number of hydrogen-bond donors (Lipinski definition) is 2. The van der Waals surface area contributed by atoms with Crippen molar-refractivity contribution in [2.24, 2.45) is 0 Å². The smallest absolute Gasteiger partial charge is 0.382 e. The SMILES string of the molecule is Nc1n[nH]c2cncc(-c3ccc4c(c3)CCN4C(=O)Cc3cccc(C(F)(F)F)c3)c12. The van der Waals surface area contributed by atoms with Gasteiger partial charge in [-0.1, -0.05) is 24.3 Å². The molecule has 0 fully saturated rings. The highest BCUT2D eigenvalue weighted by Crippen LogP contribution is 2.36. The summed E-state index contributed by atoms with van der Waals surface area (Å²) in [4.78, 5) is 18.8. The molecule has 162 valence electrons. The van der Waals surface area contributed by atoms with E-state index in [0.717, 1.165) is 45.4 Å². The first-order valence-corrected chi connectivity index (χ1v) is 9.98. The molecule has 9 heteroatoms. The van der Waals surface area contributed by atoms with Crippen molar-refractivity contribution in [1.82, 2.24) is 15.2 Å². The Labute approximate surface area is 180 Å². The zero-order valence-electron chi connectivity index (χ0n) is 16.8. The molecule has 2 aromatic heterocycles. The number of benzene rings is 2. The van der Waals surface area contributed by atoms with Gasteiger partial charge in [-0.05, 0) is 41.3 Å². The van der Waals surface area contributed by atoms with E-state index in [1.54, 1.807) is 17.3 Å². The van der Waals surface area contributed by atoms with Gasteiger partial charge in [0.05, 0.1) is 29.1 Å². The molecule has 1 aliphatic rings. The van der Waals surface area contributed by atoms with Crippen LogP contribution in [0.1, 0.15) is 16.7 Å². The lowest BCUT2D eigenvalue weighted by Crippen LogP contribution is -2.30. The van der Waals surface area contributed by atoms with Gasteiger partial charge in [0.1, 0.15) is 0 Å². The quantitative estimate of drug-likeness (QED) is 0.499. The predicted molar refractivity (Wildman–Crippen MR) is 115 cm³/mol. The number of carbonyl (C=O) groups is 1. The summed E-state index contributed by atoms with van der Waals surface area (Å²) in [6, 6.07) is 10.6. The number of nitrogen functional groups attached to an aromatic ring is 1. The Hall–Kier alpha value is -3.88. The maximum atomic E-state index is 13.0. The number of hydrogen-bond acceptors (Lipinski definition) is 4. The van der Waals surface area contributed by atoms with Crippen molar-refractivity contribution in [3.8, 4) is 11.1 Å². The third kappa shape index (κ3) is 3.45. The van der Waals surface area contributed by atoms with Gasteiger partial charge >= 0.3 is 6.18 Å². The minimum absolute atomic E-state index is 0.0973. The largest absolute Gasteiger partial charge is 0.416 e. The highest BCUT2D eigenvalue weighted by molar-refractivity contribution is 6.02. The average molecular weight is 437 g/mol. The van der Waals surface area contributed by atoms with Gasteiger partial charge in [0.15, 0.2) is 5.82 Å². The van der Waals surface area contributed by atoms with Crippen LogP contribution in [0.15, 0.2) is 54.9 Å². The van der Waals surface area contributed by atoms with Gasteiger partial charge < -0.3 is 10.6 Å². The number of alkyl halides is 3. The molecule has 3 N–H and O–H groups in total. The molecular weight excluding hydrogens is 419 g/mol. The number of aromatic nitrogens is 3. The van der Waals surface area contributed by atoms with Crippen LogP contribution in [0.3, 0.4) is 0 Å². The summed E-state index contributed by atoms with van der Waals surface area (Å²) in [7, 11) is 0. The highest BCUT2D eigenvalue weighted by atomic mass is 19.4. The third-order valence-corrected chi connectivity index (χ3v) is 5.70. The van der Waals surface area contributed by atoms with E-state index in [1.807, 2.05) is 18.2 Å². The Morgan fingerprint density at radius 1 is 1.16 bits per heavy atom. The number of amides is 1. The van der Waals surface area contributed by atoms with E-state index in [2.05, 4.69) is 15.2 Å². The van der Waals surface area contributed by atoms with E-state index in [0.29, 0.717) is 24.3 Å². The van der Waals surface area contributed by atoms with Crippen molar-refractivity contribution in [2.75, 3.05) is 17.2 Å². The van der Waals surface area contributed by atoms with E-state index in [1.165, 1.54) is 12.1 Å². The molecule has 0 saturated carbocycles. The molecule has 0 bridgehead atoms. The molecular formula is C23H18F3N5O. The number of carbonyl (C=O) groups excluding carboxylic acids is 1. The molecule has 0 unspecified atom stereocenters. The molecule has 1 amide bonds. The molecule has 0 spiro atoms. The molecule has 0 radical (unpaired) electrons. The van der Waals surface area contributed by atoms with Gasteiger partial charge in [-0.3, -0.25) is 14.9 Å². The van der Waals surface area contributed by atoms with Crippen LogP contribution >= 0.6 is 0 Å². The number of anilines is 2. The first kappa shape index (κ1) is 20.0. The summed E-state index contributed by atoms with van der Waals surface area (Å²) >= 11 is 0. The highest BCUT2D eigenvalue weighted by Gasteiger charge is 2.31. The van der Waals surface area contributed by atoms with Crippen LogP contribution in [0.2, 0.25) is 0 Å².